The van der Waals surface area contributed by atoms with E-state index in [9.17, 15) is 0 Å². The van der Waals surface area contributed by atoms with Gasteiger partial charge in [0.2, 0.25) is 0 Å². The van der Waals surface area contributed by atoms with E-state index in [2.05, 4.69) is 27.8 Å². The number of halogens is 3. The molecule has 0 N–H and O–H groups in total. The van der Waals surface area contributed by atoms with Gasteiger partial charge in [0.25, 0.3) is 0 Å². The van der Waals surface area contributed by atoms with Crippen LogP contribution in [0.15, 0.2) is 85.5 Å². The highest BCUT2D eigenvalue weighted by Crippen LogP contribution is 2.42. The molecule has 5 heteroatoms. The van der Waals surface area contributed by atoms with Crippen LogP contribution < -0.4 is 0 Å². The van der Waals surface area contributed by atoms with Crippen molar-refractivity contribution < 1.29 is 0 Å². The van der Waals surface area contributed by atoms with E-state index >= 15 is 0 Å². The summed E-state index contributed by atoms with van der Waals surface area (Å²) in [5.41, 5.74) is 3.96. The van der Waals surface area contributed by atoms with Gasteiger partial charge in [-0.05, 0) is 28.8 Å². The van der Waals surface area contributed by atoms with E-state index in [0.717, 1.165) is 22.3 Å². The lowest BCUT2D eigenvalue weighted by atomic mass is 9.90. The number of nitrogens with zero attached hydrogens (tertiary/aromatic N) is 2. The van der Waals surface area contributed by atoms with Crippen LogP contribution in [0.5, 0.6) is 0 Å². The highest BCUT2D eigenvalue weighted by Gasteiger charge is 2.22. The van der Waals surface area contributed by atoms with Crippen molar-refractivity contribution in [2.75, 3.05) is 0 Å². The van der Waals surface area contributed by atoms with Gasteiger partial charge in [-0.25, -0.2) is 4.98 Å². The van der Waals surface area contributed by atoms with Crippen molar-refractivity contribution in [1.82, 2.24) is 9.55 Å². The summed E-state index contributed by atoms with van der Waals surface area (Å²) in [6.07, 6.45) is 5.56. The van der Waals surface area contributed by atoms with Crippen LogP contribution in [0.4, 0.5) is 0 Å². The van der Waals surface area contributed by atoms with E-state index in [-0.39, 0.29) is 6.04 Å². The molecular formula is C22H15Cl3N2. The molecule has 1 unspecified atom stereocenters. The first-order valence-corrected chi connectivity index (χ1v) is 9.55. The molecule has 3 aromatic carbocycles. The zero-order valence-electron chi connectivity index (χ0n) is 14.2. The fourth-order valence-corrected chi connectivity index (χ4v) is 4.35. The molecule has 1 aromatic heterocycles. The Morgan fingerprint density at radius 2 is 1.48 bits per heavy atom. The Balaban J connectivity index is 1.97. The highest BCUT2D eigenvalue weighted by molar-refractivity contribution is 6.41. The average molecular weight is 414 g/mol. The number of hydrogen-bond donors (Lipinski definition) is 0. The molecule has 0 aliphatic rings. The third-order valence-electron chi connectivity index (χ3n) is 4.47. The van der Waals surface area contributed by atoms with E-state index in [1.807, 2.05) is 48.9 Å². The fourth-order valence-electron chi connectivity index (χ4n) is 3.33. The Morgan fingerprint density at radius 1 is 0.815 bits per heavy atom. The van der Waals surface area contributed by atoms with E-state index in [0.29, 0.717) is 15.1 Å². The third-order valence-corrected chi connectivity index (χ3v) is 5.28. The third kappa shape index (κ3) is 3.61. The predicted molar refractivity (Wildman–Crippen MR) is 113 cm³/mol. The molecule has 1 heterocycles. The quantitative estimate of drug-likeness (QED) is 0.347. The maximum absolute atomic E-state index is 6.53. The monoisotopic (exact) mass is 412 g/mol. The summed E-state index contributed by atoms with van der Waals surface area (Å²) in [7, 11) is 0. The lowest BCUT2D eigenvalue weighted by Crippen LogP contribution is -2.12. The van der Waals surface area contributed by atoms with E-state index < -0.39 is 0 Å². The van der Waals surface area contributed by atoms with Gasteiger partial charge in [0.15, 0.2) is 0 Å². The molecule has 0 aliphatic carbocycles. The van der Waals surface area contributed by atoms with Crippen molar-refractivity contribution >= 4 is 34.8 Å². The first-order chi connectivity index (χ1) is 13.1. The summed E-state index contributed by atoms with van der Waals surface area (Å²) in [6, 6.07) is 21.8. The minimum Gasteiger partial charge on any atom is -0.326 e. The van der Waals surface area contributed by atoms with Gasteiger partial charge < -0.3 is 4.57 Å². The molecule has 4 aromatic rings. The first kappa shape index (κ1) is 18.1. The zero-order valence-corrected chi connectivity index (χ0v) is 16.5. The molecule has 27 heavy (non-hydrogen) atoms. The average Bonchev–Trinajstić information content (AvgIpc) is 3.17. The molecule has 0 bridgehead atoms. The number of benzene rings is 3. The Bertz CT molecular complexity index is 1040. The van der Waals surface area contributed by atoms with Crippen LogP contribution in [0.25, 0.3) is 11.1 Å². The van der Waals surface area contributed by atoms with E-state index in [4.69, 9.17) is 34.8 Å². The second-order valence-electron chi connectivity index (χ2n) is 6.15. The Kier molecular flexibility index (Phi) is 5.22. The smallest absolute Gasteiger partial charge is 0.0954 e. The lowest BCUT2D eigenvalue weighted by Gasteiger charge is -2.23. The van der Waals surface area contributed by atoms with Gasteiger partial charge in [-0.15, -0.1) is 0 Å². The normalized spacial score (nSPS) is 12.1. The molecule has 0 spiro atoms. The standard InChI is InChI=1S/C22H15Cl3N2/c23-16-12-19(24)21(20(25)13-16)17-8-4-5-9-18(17)22(27-11-10-26-14-27)15-6-2-1-3-7-15/h1-14,22H. The van der Waals surface area contributed by atoms with Crippen molar-refractivity contribution in [3.63, 3.8) is 0 Å². The molecule has 0 saturated carbocycles. The van der Waals surface area contributed by atoms with Gasteiger partial charge in [-0.1, -0.05) is 89.4 Å². The van der Waals surface area contributed by atoms with Crippen LogP contribution in [-0.4, -0.2) is 9.55 Å². The highest BCUT2D eigenvalue weighted by atomic mass is 35.5. The Labute approximate surface area is 173 Å². The fraction of sp³-hybridized carbons (Fsp3) is 0.0455. The lowest BCUT2D eigenvalue weighted by molar-refractivity contribution is 0.678. The van der Waals surface area contributed by atoms with Gasteiger partial charge in [-0.3, -0.25) is 0 Å². The van der Waals surface area contributed by atoms with E-state index in [1.54, 1.807) is 18.3 Å². The molecular weight excluding hydrogens is 399 g/mol. The predicted octanol–water partition coefficient (Wildman–Crippen LogP) is 7.15. The van der Waals surface area contributed by atoms with Gasteiger partial charge in [0.1, 0.15) is 0 Å². The molecule has 0 fully saturated rings. The SMILES string of the molecule is Clc1cc(Cl)c(-c2ccccc2C(c2ccccc2)n2ccnc2)c(Cl)c1. The summed E-state index contributed by atoms with van der Waals surface area (Å²) in [6.45, 7) is 0. The number of hydrogen-bond acceptors (Lipinski definition) is 1. The summed E-state index contributed by atoms with van der Waals surface area (Å²) < 4.78 is 2.08. The van der Waals surface area contributed by atoms with Crippen LogP contribution in [0.3, 0.4) is 0 Å². The number of rotatable bonds is 4. The molecule has 134 valence electrons. The summed E-state index contributed by atoms with van der Waals surface area (Å²) >= 11 is 19.2. The van der Waals surface area contributed by atoms with Crippen molar-refractivity contribution in [1.29, 1.82) is 0 Å². The van der Waals surface area contributed by atoms with E-state index in [1.165, 1.54) is 0 Å². The van der Waals surface area contributed by atoms with Gasteiger partial charge in [0, 0.05) is 23.0 Å². The van der Waals surface area contributed by atoms with Crippen LogP contribution in [0, 0.1) is 0 Å². The molecule has 4 rings (SSSR count). The number of imidazole rings is 1. The molecule has 0 amide bonds. The topological polar surface area (TPSA) is 17.8 Å². The Morgan fingerprint density at radius 3 is 2.15 bits per heavy atom. The molecule has 0 saturated heterocycles. The second kappa shape index (κ2) is 7.77. The van der Waals surface area contributed by atoms with Crippen molar-refractivity contribution in [2.45, 2.75) is 6.04 Å². The van der Waals surface area contributed by atoms with Crippen LogP contribution in [-0.2, 0) is 0 Å². The van der Waals surface area contributed by atoms with Crippen LogP contribution >= 0.6 is 34.8 Å². The summed E-state index contributed by atoms with van der Waals surface area (Å²) in [5, 5.41) is 1.57. The second-order valence-corrected chi connectivity index (χ2v) is 7.41. The van der Waals surface area contributed by atoms with Crippen molar-refractivity contribution in [3.05, 3.63) is 112 Å². The first-order valence-electron chi connectivity index (χ1n) is 8.41. The van der Waals surface area contributed by atoms with Crippen molar-refractivity contribution in [2.24, 2.45) is 0 Å². The van der Waals surface area contributed by atoms with Crippen molar-refractivity contribution in [3.8, 4) is 11.1 Å². The van der Waals surface area contributed by atoms with Gasteiger partial charge in [-0.2, -0.15) is 0 Å². The Hall–Kier alpha value is -2.26. The number of aromatic nitrogens is 2. The molecule has 2 nitrogen and oxygen atoms in total. The molecule has 0 aliphatic heterocycles. The van der Waals surface area contributed by atoms with Gasteiger partial charge in [0.05, 0.1) is 22.4 Å². The maximum atomic E-state index is 6.53. The minimum absolute atomic E-state index is 0.0623. The summed E-state index contributed by atoms with van der Waals surface area (Å²) in [4.78, 5) is 4.24. The minimum atomic E-state index is -0.0623. The summed E-state index contributed by atoms with van der Waals surface area (Å²) in [5.74, 6) is 0. The van der Waals surface area contributed by atoms with Gasteiger partial charge >= 0.3 is 0 Å². The van der Waals surface area contributed by atoms with Crippen LogP contribution in [0.2, 0.25) is 15.1 Å². The largest absolute Gasteiger partial charge is 0.326 e. The van der Waals surface area contributed by atoms with Crippen LogP contribution in [0.1, 0.15) is 17.2 Å². The maximum Gasteiger partial charge on any atom is 0.0954 e. The molecule has 0 radical (unpaired) electrons. The molecule has 1 atom stereocenters. The zero-order chi connectivity index (χ0) is 18.8.